The molecule has 0 aromatic heterocycles. The van der Waals surface area contributed by atoms with Crippen LogP contribution in [0.5, 0.6) is 0 Å². The molecule has 7 heteroatoms. The minimum absolute atomic E-state index is 0.0594. The molecule has 2 saturated heterocycles. The maximum absolute atomic E-state index is 12.0. The van der Waals surface area contributed by atoms with E-state index < -0.39 is 23.8 Å². The summed E-state index contributed by atoms with van der Waals surface area (Å²) in [5.41, 5.74) is 0.524. The van der Waals surface area contributed by atoms with Crippen LogP contribution >= 0.6 is 0 Å². The molecule has 2 aliphatic rings. The SMILES string of the molecule is CC(C)(C)OC(=O)NC[C@@H]1CO[C@H](OCc2ccccc2)[C@H]2OC(C)(C)O[C@H]12. The molecule has 3 rings (SSSR count). The lowest BCUT2D eigenvalue weighted by Gasteiger charge is -2.36. The summed E-state index contributed by atoms with van der Waals surface area (Å²) in [6.07, 6.45) is -1.58. The van der Waals surface area contributed by atoms with Crippen LogP contribution in [-0.2, 0) is 30.3 Å². The first-order valence-corrected chi connectivity index (χ1v) is 9.73. The summed E-state index contributed by atoms with van der Waals surface area (Å²) in [6.45, 7) is 10.4. The van der Waals surface area contributed by atoms with Crippen molar-refractivity contribution in [3.8, 4) is 0 Å². The monoisotopic (exact) mass is 393 g/mol. The Morgan fingerprint density at radius 2 is 1.86 bits per heavy atom. The van der Waals surface area contributed by atoms with Crippen molar-refractivity contribution in [3.05, 3.63) is 35.9 Å². The molecule has 0 saturated carbocycles. The van der Waals surface area contributed by atoms with Crippen LogP contribution in [0.3, 0.4) is 0 Å². The summed E-state index contributed by atoms with van der Waals surface area (Å²) < 4.78 is 29.4. The van der Waals surface area contributed by atoms with E-state index in [9.17, 15) is 4.79 Å². The van der Waals surface area contributed by atoms with Crippen molar-refractivity contribution in [2.45, 2.75) is 71.1 Å². The molecule has 1 amide bonds. The number of carbonyl (C=O) groups is 1. The van der Waals surface area contributed by atoms with Crippen LogP contribution in [0.4, 0.5) is 4.79 Å². The van der Waals surface area contributed by atoms with Crippen molar-refractivity contribution in [3.63, 3.8) is 0 Å². The molecule has 2 aliphatic heterocycles. The molecule has 0 spiro atoms. The van der Waals surface area contributed by atoms with E-state index in [0.29, 0.717) is 19.8 Å². The summed E-state index contributed by atoms with van der Waals surface area (Å²) in [5, 5.41) is 2.80. The molecule has 2 heterocycles. The molecule has 1 N–H and O–H groups in total. The molecule has 4 atom stereocenters. The maximum atomic E-state index is 12.0. The molecule has 7 nitrogen and oxygen atoms in total. The quantitative estimate of drug-likeness (QED) is 0.828. The second-order valence-corrected chi connectivity index (χ2v) is 8.71. The highest BCUT2D eigenvalue weighted by molar-refractivity contribution is 5.67. The Morgan fingerprint density at radius 3 is 2.54 bits per heavy atom. The molecule has 1 aromatic carbocycles. The van der Waals surface area contributed by atoms with Gasteiger partial charge in [0.25, 0.3) is 0 Å². The maximum Gasteiger partial charge on any atom is 0.407 e. The number of nitrogens with one attached hydrogen (secondary N) is 1. The van der Waals surface area contributed by atoms with E-state index in [0.717, 1.165) is 5.56 Å². The van der Waals surface area contributed by atoms with Crippen molar-refractivity contribution in [1.29, 1.82) is 0 Å². The predicted octanol–water partition coefficient (Wildman–Crippen LogP) is 3.22. The molecule has 0 aliphatic carbocycles. The van der Waals surface area contributed by atoms with Gasteiger partial charge in [-0.1, -0.05) is 30.3 Å². The largest absolute Gasteiger partial charge is 0.444 e. The molecule has 2 fully saturated rings. The van der Waals surface area contributed by atoms with Gasteiger partial charge in [0.05, 0.1) is 19.3 Å². The minimum Gasteiger partial charge on any atom is -0.444 e. The zero-order valence-electron chi connectivity index (χ0n) is 17.3. The topological polar surface area (TPSA) is 75.3 Å². The Balaban J connectivity index is 1.58. The first-order valence-electron chi connectivity index (χ1n) is 9.73. The van der Waals surface area contributed by atoms with Crippen molar-refractivity contribution < 1.29 is 28.5 Å². The number of fused-ring (bicyclic) bond motifs is 1. The van der Waals surface area contributed by atoms with Gasteiger partial charge in [-0.3, -0.25) is 0 Å². The van der Waals surface area contributed by atoms with E-state index in [-0.39, 0.29) is 18.1 Å². The average molecular weight is 393 g/mol. The van der Waals surface area contributed by atoms with Gasteiger partial charge in [-0.25, -0.2) is 4.79 Å². The van der Waals surface area contributed by atoms with Gasteiger partial charge in [-0.15, -0.1) is 0 Å². The second kappa shape index (κ2) is 8.37. The summed E-state index contributed by atoms with van der Waals surface area (Å²) >= 11 is 0. The smallest absolute Gasteiger partial charge is 0.407 e. The zero-order chi connectivity index (χ0) is 20.4. The summed E-state index contributed by atoms with van der Waals surface area (Å²) in [4.78, 5) is 12.0. The lowest BCUT2D eigenvalue weighted by atomic mass is 9.95. The fourth-order valence-electron chi connectivity index (χ4n) is 3.40. The Kier molecular flexibility index (Phi) is 6.29. The molecule has 0 unspecified atom stereocenters. The average Bonchev–Trinajstić information content (AvgIpc) is 2.93. The van der Waals surface area contributed by atoms with E-state index in [1.54, 1.807) is 0 Å². The third-order valence-corrected chi connectivity index (χ3v) is 4.54. The Bertz CT molecular complexity index is 657. The minimum atomic E-state index is -0.735. The Morgan fingerprint density at radius 1 is 1.18 bits per heavy atom. The fraction of sp³-hybridized carbons (Fsp3) is 0.667. The van der Waals surface area contributed by atoms with Crippen LogP contribution in [0, 0.1) is 5.92 Å². The van der Waals surface area contributed by atoms with Crippen LogP contribution < -0.4 is 5.32 Å². The van der Waals surface area contributed by atoms with Crippen LogP contribution in [0.1, 0.15) is 40.2 Å². The number of carbonyl (C=O) groups excluding carboxylic acids is 1. The first kappa shape index (κ1) is 21.0. The van der Waals surface area contributed by atoms with E-state index in [1.165, 1.54) is 0 Å². The first-order chi connectivity index (χ1) is 13.1. The van der Waals surface area contributed by atoms with E-state index in [4.69, 9.17) is 23.7 Å². The second-order valence-electron chi connectivity index (χ2n) is 8.71. The van der Waals surface area contributed by atoms with E-state index >= 15 is 0 Å². The lowest BCUT2D eigenvalue weighted by molar-refractivity contribution is -0.243. The molecule has 0 bridgehead atoms. The number of hydrogen-bond donors (Lipinski definition) is 1. The van der Waals surface area contributed by atoms with Crippen LogP contribution in [-0.4, -0.2) is 49.1 Å². The van der Waals surface area contributed by atoms with Gasteiger partial charge in [-0.2, -0.15) is 0 Å². The molecule has 156 valence electrons. The van der Waals surface area contributed by atoms with Gasteiger partial charge < -0.3 is 29.0 Å². The summed E-state index contributed by atoms with van der Waals surface area (Å²) in [7, 11) is 0. The number of amides is 1. The number of ether oxygens (including phenoxy) is 5. The number of rotatable bonds is 5. The van der Waals surface area contributed by atoms with Crippen LogP contribution in [0.25, 0.3) is 0 Å². The zero-order valence-corrected chi connectivity index (χ0v) is 17.3. The fourth-order valence-corrected chi connectivity index (χ4v) is 3.40. The number of benzene rings is 1. The van der Waals surface area contributed by atoms with Gasteiger partial charge in [0.2, 0.25) is 0 Å². The van der Waals surface area contributed by atoms with Crippen LogP contribution in [0.15, 0.2) is 30.3 Å². The highest BCUT2D eigenvalue weighted by Gasteiger charge is 2.52. The highest BCUT2D eigenvalue weighted by atomic mass is 16.8. The van der Waals surface area contributed by atoms with Gasteiger partial charge >= 0.3 is 6.09 Å². The predicted molar refractivity (Wildman–Crippen MR) is 103 cm³/mol. The summed E-state index contributed by atoms with van der Waals surface area (Å²) in [6, 6.07) is 9.92. The standard InChI is InChI=1S/C21H31NO6/c1-20(2,3)28-19(23)22-11-15-13-25-18(17-16(15)26-21(4,5)27-17)24-12-14-9-7-6-8-10-14/h6-10,15-18H,11-13H2,1-5H3,(H,22,23)/t15-,16-,17+,18+/m1/s1. The van der Waals surface area contributed by atoms with Gasteiger partial charge in [0.1, 0.15) is 11.7 Å². The van der Waals surface area contributed by atoms with Gasteiger partial charge in [0, 0.05) is 12.5 Å². The third-order valence-electron chi connectivity index (χ3n) is 4.54. The summed E-state index contributed by atoms with van der Waals surface area (Å²) in [5.74, 6) is -0.794. The van der Waals surface area contributed by atoms with Gasteiger partial charge in [0.15, 0.2) is 12.1 Å². The Labute approximate surface area is 166 Å². The molecular formula is C21H31NO6. The lowest BCUT2D eigenvalue weighted by Crippen LogP contribution is -2.52. The molecule has 28 heavy (non-hydrogen) atoms. The third kappa shape index (κ3) is 5.67. The van der Waals surface area contributed by atoms with Crippen molar-refractivity contribution in [1.82, 2.24) is 5.32 Å². The highest BCUT2D eigenvalue weighted by Crippen LogP contribution is 2.38. The Hall–Kier alpha value is -1.67. The van der Waals surface area contributed by atoms with E-state index in [1.807, 2.05) is 65.0 Å². The van der Waals surface area contributed by atoms with Crippen LogP contribution in [0.2, 0.25) is 0 Å². The normalized spacial score (nSPS) is 29.2. The molecular weight excluding hydrogens is 362 g/mol. The van der Waals surface area contributed by atoms with Gasteiger partial charge in [-0.05, 0) is 40.2 Å². The van der Waals surface area contributed by atoms with Crippen molar-refractivity contribution in [2.24, 2.45) is 5.92 Å². The van der Waals surface area contributed by atoms with Crippen molar-refractivity contribution in [2.75, 3.05) is 13.2 Å². The van der Waals surface area contributed by atoms with Crippen molar-refractivity contribution >= 4 is 6.09 Å². The number of alkyl carbamates (subject to hydrolysis) is 1. The molecule has 0 radical (unpaired) electrons. The molecule has 1 aromatic rings. The number of hydrogen-bond acceptors (Lipinski definition) is 6. The van der Waals surface area contributed by atoms with E-state index in [2.05, 4.69) is 5.32 Å².